The van der Waals surface area contributed by atoms with E-state index in [1.54, 1.807) is 13.0 Å². The molecule has 0 unspecified atom stereocenters. The van der Waals surface area contributed by atoms with Crippen LogP contribution < -0.4 is 0 Å². The Morgan fingerprint density at radius 1 is 1.03 bits per heavy atom. The van der Waals surface area contributed by atoms with Crippen molar-refractivity contribution in [2.24, 2.45) is 29.1 Å². The monoisotopic (exact) mass is 522 g/mol. The SMILES string of the molecule is CC(=O)c1ccc(-c2ccc([C@H]3C[C@@]4(C)[C@@H](CC[C@@]4(O)/C=C\CO)[C@@H]4C=CC5=CC(=O)CC[C@@H]5[C@H]43)cc2)cc1. The second kappa shape index (κ2) is 9.83. The van der Waals surface area contributed by atoms with E-state index in [1.807, 2.05) is 36.4 Å². The van der Waals surface area contributed by atoms with Crippen LogP contribution in [0.4, 0.5) is 0 Å². The second-order valence-electron chi connectivity index (χ2n) is 12.4. The summed E-state index contributed by atoms with van der Waals surface area (Å²) in [4.78, 5) is 24.0. The lowest BCUT2D eigenvalue weighted by atomic mass is 9.48. The van der Waals surface area contributed by atoms with Crippen LogP contribution in [0.1, 0.15) is 67.8 Å². The molecule has 0 heterocycles. The topological polar surface area (TPSA) is 74.6 Å². The molecule has 2 saturated carbocycles. The predicted octanol–water partition coefficient (Wildman–Crippen LogP) is 6.45. The van der Waals surface area contributed by atoms with Crippen LogP contribution >= 0.6 is 0 Å². The molecule has 2 fully saturated rings. The van der Waals surface area contributed by atoms with Gasteiger partial charge in [-0.1, -0.05) is 79.8 Å². The maximum atomic E-state index is 12.3. The van der Waals surface area contributed by atoms with E-state index in [1.165, 1.54) is 11.1 Å². The Labute approximate surface area is 231 Å². The van der Waals surface area contributed by atoms with E-state index in [4.69, 9.17) is 0 Å². The molecule has 2 N–H and O–H groups in total. The Kier molecular flexibility index (Phi) is 6.60. The number of hydrogen-bond donors (Lipinski definition) is 2. The lowest BCUT2D eigenvalue weighted by Gasteiger charge is -2.57. The first-order valence-electron chi connectivity index (χ1n) is 14.4. The molecule has 0 spiro atoms. The number of fused-ring (bicyclic) bond motifs is 5. The van der Waals surface area contributed by atoms with Gasteiger partial charge in [-0.05, 0) is 90.5 Å². The van der Waals surface area contributed by atoms with Crippen LogP contribution in [0.3, 0.4) is 0 Å². The molecule has 0 saturated heterocycles. The molecule has 4 nitrogen and oxygen atoms in total. The van der Waals surface area contributed by atoms with E-state index >= 15 is 0 Å². The summed E-state index contributed by atoms with van der Waals surface area (Å²) < 4.78 is 0. The molecule has 2 aromatic carbocycles. The third-order valence-electron chi connectivity index (χ3n) is 10.6. The van der Waals surface area contributed by atoms with Gasteiger partial charge in [0.1, 0.15) is 0 Å². The van der Waals surface area contributed by atoms with Crippen molar-refractivity contribution in [1.82, 2.24) is 0 Å². The highest BCUT2D eigenvalue weighted by Gasteiger charge is 2.63. The van der Waals surface area contributed by atoms with Crippen LogP contribution in [0.25, 0.3) is 11.1 Å². The summed E-state index contributed by atoms with van der Waals surface area (Å²) in [5, 5.41) is 21.4. The van der Waals surface area contributed by atoms with Gasteiger partial charge in [0.05, 0.1) is 12.2 Å². The normalized spacial score (nSPS) is 35.3. The van der Waals surface area contributed by atoms with E-state index in [2.05, 4.69) is 43.3 Å². The van der Waals surface area contributed by atoms with E-state index in [0.29, 0.717) is 42.1 Å². The average molecular weight is 523 g/mol. The standard InChI is InChI=1S/C35H38O4/c1-22(37)23-4-6-24(7-5-23)25-8-10-26(11-9-25)31-21-34(2)32(16-18-35(34,39)17-3-19-36)30-14-12-27-20-28(38)13-15-29(27)33(30)31/h3-12,14,17,20,29-33,36,39H,13,15-16,18-19,21H2,1-2H3/b17-3-/t29-,30-,31+,32-,33+,34-,35-/m0/s1. The Morgan fingerprint density at radius 2 is 1.72 bits per heavy atom. The number of carbonyl (C=O) groups is 2. The van der Waals surface area contributed by atoms with Crippen molar-refractivity contribution < 1.29 is 19.8 Å². The van der Waals surface area contributed by atoms with E-state index in [-0.39, 0.29) is 29.5 Å². The number of benzene rings is 2. The van der Waals surface area contributed by atoms with Crippen molar-refractivity contribution in [1.29, 1.82) is 0 Å². The van der Waals surface area contributed by atoms with E-state index in [0.717, 1.165) is 30.4 Å². The minimum atomic E-state index is -0.950. The van der Waals surface area contributed by atoms with Gasteiger partial charge in [-0.3, -0.25) is 9.59 Å². The van der Waals surface area contributed by atoms with Crippen molar-refractivity contribution in [2.75, 3.05) is 6.61 Å². The number of aliphatic hydroxyl groups excluding tert-OH is 1. The summed E-state index contributed by atoms with van der Waals surface area (Å²) in [5.74, 6) is 1.96. The molecule has 0 radical (unpaired) electrons. The number of allylic oxidation sites excluding steroid dienone is 4. The highest BCUT2D eigenvalue weighted by Crippen LogP contribution is 2.67. The summed E-state index contributed by atoms with van der Waals surface area (Å²) in [5.41, 5.74) is 4.09. The van der Waals surface area contributed by atoms with Crippen LogP contribution in [-0.2, 0) is 4.79 Å². The van der Waals surface area contributed by atoms with Crippen LogP contribution in [-0.4, -0.2) is 34.0 Å². The second-order valence-corrected chi connectivity index (χ2v) is 12.4. The maximum absolute atomic E-state index is 12.3. The van der Waals surface area contributed by atoms with Crippen LogP contribution in [0, 0.1) is 29.1 Å². The fraction of sp³-hybridized carbons (Fsp3) is 0.429. The molecule has 0 amide bonds. The summed E-state index contributed by atoms with van der Waals surface area (Å²) in [6.07, 6.45) is 14.0. The Bertz CT molecular complexity index is 1360. The lowest BCUT2D eigenvalue weighted by Crippen LogP contribution is -2.53. The summed E-state index contributed by atoms with van der Waals surface area (Å²) in [6, 6.07) is 16.6. The van der Waals surface area contributed by atoms with Gasteiger partial charge < -0.3 is 10.2 Å². The molecule has 4 aliphatic carbocycles. The van der Waals surface area contributed by atoms with Gasteiger partial charge in [0.2, 0.25) is 0 Å². The van der Waals surface area contributed by atoms with Gasteiger partial charge >= 0.3 is 0 Å². The lowest BCUT2D eigenvalue weighted by molar-refractivity contribution is -0.116. The van der Waals surface area contributed by atoms with E-state index in [9.17, 15) is 19.8 Å². The first-order chi connectivity index (χ1) is 18.7. The molecule has 39 heavy (non-hydrogen) atoms. The number of carbonyl (C=O) groups excluding carboxylic acids is 2. The first kappa shape index (κ1) is 26.2. The molecular weight excluding hydrogens is 484 g/mol. The quantitative estimate of drug-likeness (QED) is 0.350. The fourth-order valence-electron chi connectivity index (χ4n) is 8.51. The Balaban J connectivity index is 1.40. The van der Waals surface area contributed by atoms with Crippen molar-refractivity contribution >= 4 is 11.6 Å². The van der Waals surface area contributed by atoms with Gasteiger partial charge in [-0.25, -0.2) is 0 Å². The van der Waals surface area contributed by atoms with Crippen molar-refractivity contribution in [2.45, 2.75) is 57.5 Å². The fourth-order valence-corrected chi connectivity index (χ4v) is 8.51. The summed E-state index contributed by atoms with van der Waals surface area (Å²) in [6.45, 7) is 3.77. The summed E-state index contributed by atoms with van der Waals surface area (Å²) in [7, 11) is 0. The molecule has 4 aliphatic rings. The van der Waals surface area contributed by atoms with E-state index < -0.39 is 5.60 Å². The minimum absolute atomic E-state index is 0.0654. The minimum Gasteiger partial charge on any atom is -0.392 e. The van der Waals surface area contributed by atoms with Crippen molar-refractivity contribution in [3.63, 3.8) is 0 Å². The molecule has 0 bridgehead atoms. The average Bonchev–Trinajstić information content (AvgIpc) is 3.21. The van der Waals surface area contributed by atoms with Crippen LogP contribution in [0.15, 0.2) is 84.5 Å². The third kappa shape index (κ3) is 4.29. The van der Waals surface area contributed by atoms with Crippen molar-refractivity contribution in [3.8, 4) is 11.1 Å². The van der Waals surface area contributed by atoms with Gasteiger partial charge in [0, 0.05) is 17.4 Å². The number of rotatable bonds is 5. The van der Waals surface area contributed by atoms with Crippen molar-refractivity contribution in [3.05, 3.63) is 95.6 Å². The molecule has 202 valence electrons. The van der Waals surface area contributed by atoms with Gasteiger partial charge in [-0.15, -0.1) is 0 Å². The predicted molar refractivity (Wildman–Crippen MR) is 153 cm³/mol. The first-order valence-corrected chi connectivity index (χ1v) is 14.4. The zero-order valence-electron chi connectivity index (χ0n) is 22.8. The number of Topliss-reactive ketones (excluding diaryl/α,β-unsaturated/α-hetero) is 1. The molecule has 6 rings (SSSR count). The smallest absolute Gasteiger partial charge is 0.159 e. The zero-order chi connectivity index (χ0) is 27.4. The molecule has 4 heteroatoms. The highest BCUT2D eigenvalue weighted by atomic mass is 16.3. The maximum Gasteiger partial charge on any atom is 0.159 e. The van der Waals surface area contributed by atoms with Gasteiger partial charge in [0.25, 0.3) is 0 Å². The molecule has 0 aromatic heterocycles. The Hall–Kier alpha value is -3.08. The Morgan fingerprint density at radius 3 is 2.38 bits per heavy atom. The highest BCUT2D eigenvalue weighted by molar-refractivity contribution is 5.94. The molecule has 0 aliphatic heterocycles. The summed E-state index contributed by atoms with van der Waals surface area (Å²) >= 11 is 0. The van der Waals surface area contributed by atoms with Crippen LogP contribution in [0.2, 0.25) is 0 Å². The number of hydrogen-bond acceptors (Lipinski definition) is 4. The van der Waals surface area contributed by atoms with Gasteiger partial charge in [-0.2, -0.15) is 0 Å². The third-order valence-corrected chi connectivity index (χ3v) is 10.6. The zero-order valence-corrected chi connectivity index (χ0v) is 22.8. The van der Waals surface area contributed by atoms with Gasteiger partial charge in [0.15, 0.2) is 11.6 Å². The molecule has 7 atom stereocenters. The number of ketones is 2. The molecule has 2 aromatic rings. The molecular formula is C35H38O4. The number of aliphatic hydroxyl groups is 2. The largest absolute Gasteiger partial charge is 0.392 e. The van der Waals surface area contributed by atoms with Crippen LogP contribution in [0.5, 0.6) is 0 Å².